The van der Waals surface area contributed by atoms with Crippen molar-refractivity contribution < 1.29 is 14.2 Å². The topological polar surface area (TPSA) is 37.4 Å². The number of hydrogen-bond acceptors (Lipinski definition) is 6. The summed E-state index contributed by atoms with van der Waals surface area (Å²) in [5, 5.41) is 0. The van der Waals surface area contributed by atoms with Crippen molar-refractivity contribution in [2.45, 2.75) is 120 Å². The number of rotatable bonds is 6. The zero-order valence-electron chi connectivity index (χ0n) is 62.8. The van der Waals surface area contributed by atoms with Gasteiger partial charge in [-0.15, -0.1) is 0 Å². The van der Waals surface area contributed by atoms with Crippen LogP contribution in [-0.4, -0.2) is 20.1 Å². The molecular formula is C96H84B3N3O3. The number of anilines is 9. The van der Waals surface area contributed by atoms with E-state index in [0.29, 0.717) is 0 Å². The SMILES string of the molecule is Cc1ccc(N2c3ccc(-c4cc(-c5ccc6c(c5)B5c7cc(C(C)(C)C)ccc7Oc7cc(C)cc(c75)N6c5ccc(C)cc5)cc(-c5ccc6c(c5)B5c7cc(C(C)(C)C)ccc7Oc7cc(C)cc(c75)N6c5ccc(C)cc5)c4)cc3B3c4cc(C(C)(C)C)ccc4Oc4cc(C)cc2c43)cc1. The zero-order chi connectivity index (χ0) is 72.2. The molecule has 0 spiro atoms. The Kier molecular flexibility index (Phi) is 14.3. The first kappa shape index (κ1) is 64.7. The lowest BCUT2D eigenvalue weighted by Crippen LogP contribution is -2.59. The van der Waals surface area contributed by atoms with Gasteiger partial charge < -0.3 is 28.9 Å². The molecule has 510 valence electrons. The molecule has 0 N–H and O–H groups in total. The molecule has 6 nitrogen and oxygen atoms in total. The molecule has 105 heavy (non-hydrogen) atoms. The van der Waals surface area contributed by atoms with Crippen molar-refractivity contribution in [2.24, 2.45) is 0 Å². The van der Waals surface area contributed by atoms with Crippen molar-refractivity contribution in [3.05, 3.63) is 287 Å². The van der Waals surface area contributed by atoms with Gasteiger partial charge in [-0.1, -0.05) is 188 Å². The molecule has 9 heteroatoms. The summed E-state index contributed by atoms with van der Waals surface area (Å²) in [6.45, 7) is 33.5. The minimum Gasteiger partial charge on any atom is -0.458 e. The van der Waals surface area contributed by atoms with Crippen molar-refractivity contribution in [2.75, 3.05) is 14.7 Å². The second kappa shape index (κ2) is 23.2. The molecule has 0 aromatic heterocycles. The van der Waals surface area contributed by atoms with E-state index in [1.165, 1.54) is 82.5 Å². The molecule has 0 saturated carbocycles. The summed E-state index contributed by atoms with van der Waals surface area (Å²) in [5.41, 5.74) is 38.5. The summed E-state index contributed by atoms with van der Waals surface area (Å²) in [7, 11) is 0. The maximum atomic E-state index is 7.12. The van der Waals surface area contributed by atoms with E-state index in [2.05, 4.69) is 355 Å². The fraction of sp³-hybridized carbons (Fsp3) is 0.188. The Hall–Kier alpha value is -11.1. The van der Waals surface area contributed by atoms with Crippen LogP contribution in [0.1, 0.15) is 112 Å². The van der Waals surface area contributed by atoms with Crippen molar-refractivity contribution in [3.63, 3.8) is 0 Å². The third kappa shape index (κ3) is 10.4. The number of ether oxygens (including phenoxy) is 3. The molecule has 0 fully saturated rings. The smallest absolute Gasteiger partial charge is 0.256 e. The highest BCUT2D eigenvalue weighted by Crippen LogP contribution is 2.49. The van der Waals surface area contributed by atoms with Gasteiger partial charge in [0.15, 0.2) is 0 Å². The second-order valence-corrected chi connectivity index (χ2v) is 33.8. The monoisotopic (exact) mass is 1360 g/mol. The first-order valence-electron chi connectivity index (χ1n) is 37.4. The molecule has 6 heterocycles. The van der Waals surface area contributed by atoms with Gasteiger partial charge in [0.25, 0.3) is 20.1 Å². The third-order valence-corrected chi connectivity index (χ3v) is 23.2. The van der Waals surface area contributed by atoms with E-state index in [1.807, 2.05) is 0 Å². The van der Waals surface area contributed by atoms with Gasteiger partial charge in [0.2, 0.25) is 0 Å². The van der Waals surface area contributed by atoms with Gasteiger partial charge in [-0.05, 0) is 301 Å². The maximum Gasteiger partial charge on any atom is 0.256 e. The molecule has 0 saturated heterocycles. The molecule has 0 unspecified atom stereocenters. The van der Waals surface area contributed by atoms with Crippen LogP contribution in [0.3, 0.4) is 0 Å². The first-order chi connectivity index (χ1) is 50.3. The number of aryl methyl sites for hydroxylation is 6. The molecule has 6 aliphatic rings. The van der Waals surface area contributed by atoms with E-state index in [1.54, 1.807) is 0 Å². The Morgan fingerprint density at radius 1 is 0.219 bits per heavy atom. The van der Waals surface area contributed by atoms with Crippen LogP contribution < -0.4 is 78.1 Å². The molecule has 19 rings (SSSR count). The fourth-order valence-electron chi connectivity index (χ4n) is 17.6. The Labute approximate surface area is 620 Å². The number of benzene rings is 13. The molecule has 0 radical (unpaired) electrons. The van der Waals surface area contributed by atoms with Gasteiger partial charge in [0.05, 0.1) is 0 Å². The van der Waals surface area contributed by atoms with Crippen LogP contribution in [0.25, 0.3) is 33.4 Å². The minimum atomic E-state index is -0.120. The summed E-state index contributed by atoms with van der Waals surface area (Å²) in [6.07, 6.45) is 0. The molecule has 13 aromatic rings. The van der Waals surface area contributed by atoms with Crippen LogP contribution in [-0.2, 0) is 16.2 Å². The van der Waals surface area contributed by atoms with E-state index in [-0.39, 0.29) is 36.4 Å². The van der Waals surface area contributed by atoms with Crippen molar-refractivity contribution in [3.8, 4) is 67.9 Å². The zero-order valence-corrected chi connectivity index (χ0v) is 62.8. The van der Waals surface area contributed by atoms with Gasteiger partial charge in [0.1, 0.15) is 34.5 Å². The Morgan fingerprint density at radius 3 is 0.743 bits per heavy atom. The van der Waals surface area contributed by atoms with Gasteiger partial charge in [0, 0.05) is 51.2 Å². The van der Waals surface area contributed by atoms with E-state index in [4.69, 9.17) is 14.2 Å². The quantitative estimate of drug-likeness (QED) is 0.155. The lowest BCUT2D eigenvalue weighted by Gasteiger charge is -2.41. The number of fused-ring (bicyclic) bond motifs is 12. The highest BCUT2D eigenvalue weighted by Gasteiger charge is 2.47. The molecular weight excluding hydrogens is 1280 g/mol. The van der Waals surface area contributed by atoms with Crippen molar-refractivity contribution >= 4 is 120 Å². The van der Waals surface area contributed by atoms with E-state index < -0.39 is 0 Å². The summed E-state index contributed by atoms with van der Waals surface area (Å²) in [5.74, 6) is 5.43. The Bertz CT molecular complexity index is 5290. The fourth-order valence-corrected chi connectivity index (χ4v) is 17.6. The van der Waals surface area contributed by atoms with Crippen LogP contribution in [0.2, 0.25) is 0 Å². The molecule has 0 atom stereocenters. The van der Waals surface area contributed by atoms with Gasteiger partial charge in [-0.25, -0.2) is 0 Å². The van der Waals surface area contributed by atoms with Crippen LogP contribution in [0.4, 0.5) is 51.2 Å². The van der Waals surface area contributed by atoms with Crippen LogP contribution in [0, 0.1) is 41.5 Å². The predicted octanol–water partition coefficient (Wildman–Crippen LogP) is 19.6. The van der Waals surface area contributed by atoms with E-state index in [9.17, 15) is 0 Å². The predicted molar refractivity (Wildman–Crippen MR) is 445 cm³/mol. The summed E-state index contributed by atoms with van der Waals surface area (Å²) >= 11 is 0. The molecule has 13 aromatic carbocycles. The van der Waals surface area contributed by atoms with Crippen LogP contribution >= 0.6 is 0 Å². The van der Waals surface area contributed by atoms with E-state index >= 15 is 0 Å². The molecule has 0 bridgehead atoms. The normalized spacial score (nSPS) is 14.0. The average molecular weight is 1360 g/mol. The van der Waals surface area contributed by atoms with Gasteiger partial charge >= 0.3 is 0 Å². The molecule has 0 aliphatic carbocycles. The second-order valence-electron chi connectivity index (χ2n) is 33.8. The standard InChI is InChI=1S/C96H84B3N3O3/c1-55-16-28-70(29-17-55)100-79-34-22-61(49-73(79)97-76-52-67(94(7,8)9)25-37-85(76)103-88-43-58(4)40-82(100)91(88)97)64-46-65(62-23-35-80-74(50-62)98-77-53-68(95(10,11)12)26-38-86(77)104-89-44-59(5)41-83(92(89)98)101(80)71-30-18-56(2)19-31-71)48-66(47-64)63-24-36-81-75(51-63)99-78-54-69(96(13,14)15)27-39-87(78)105-90-45-60(6)42-84(93(90)99)102(81)72-32-20-57(3)21-33-72/h16-54H,1-15H3. The summed E-state index contributed by atoms with van der Waals surface area (Å²) in [6, 6.07) is 90.9. The first-order valence-corrected chi connectivity index (χ1v) is 37.4. The van der Waals surface area contributed by atoms with Gasteiger partial charge in [-0.3, -0.25) is 0 Å². The highest BCUT2D eigenvalue weighted by atomic mass is 16.5. The number of hydrogen-bond donors (Lipinski definition) is 0. The lowest BCUT2D eigenvalue weighted by molar-refractivity contribution is 0.485. The van der Waals surface area contributed by atoms with Gasteiger partial charge in [-0.2, -0.15) is 0 Å². The Balaban J connectivity index is 0.871. The number of nitrogens with zero attached hydrogens (tertiary/aromatic N) is 3. The average Bonchev–Trinajstić information content (AvgIpc) is 0.718. The van der Waals surface area contributed by atoms with Crippen LogP contribution in [0.5, 0.6) is 34.5 Å². The van der Waals surface area contributed by atoms with Crippen molar-refractivity contribution in [1.29, 1.82) is 0 Å². The third-order valence-electron chi connectivity index (χ3n) is 23.2. The lowest BCUT2D eigenvalue weighted by atomic mass is 9.33. The summed E-state index contributed by atoms with van der Waals surface area (Å²) in [4.78, 5) is 7.45. The maximum absolute atomic E-state index is 7.12. The summed E-state index contributed by atoms with van der Waals surface area (Å²) < 4.78 is 21.4. The minimum absolute atomic E-state index is 0.0940. The highest BCUT2D eigenvalue weighted by molar-refractivity contribution is 7.01. The van der Waals surface area contributed by atoms with Crippen molar-refractivity contribution in [1.82, 2.24) is 0 Å². The molecule has 6 aliphatic heterocycles. The van der Waals surface area contributed by atoms with E-state index in [0.717, 1.165) is 136 Å². The largest absolute Gasteiger partial charge is 0.458 e. The Morgan fingerprint density at radius 2 is 0.486 bits per heavy atom. The van der Waals surface area contributed by atoms with Crippen LogP contribution in [0.15, 0.2) is 237 Å². The molecule has 0 amide bonds.